The first-order chi connectivity index (χ1) is 12.6. The van der Waals surface area contributed by atoms with Crippen molar-refractivity contribution in [2.24, 2.45) is 0 Å². The summed E-state index contributed by atoms with van der Waals surface area (Å²) >= 11 is 0. The predicted molar refractivity (Wildman–Crippen MR) is 96.1 cm³/mol. The van der Waals surface area contributed by atoms with Crippen molar-refractivity contribution < 1.29 is 9.32 Å². The number of hydrogen-bond acceptors (Lipinski definition) is 5. The molecule has 140 valence electrons. The fourth-order valence-corrected chi connectivity index (χ4v) is 4.08. The molecular formula is C18H26N6O2. The number of carbonyl (C=O) groups is 1. The molecule has 2 amide bonds. The van der Waals surface area contributed by atoms with E-state index in [1.54, 1.807) is 6.92 Å². The van der Waals surface area contributed by atoms with Crippen molar-refractivity contribution in [1.82, 2.24) is 24.8 Å². The van der Waals surface area contributed by atoms with Crippen molar-refractivity contribution in [3.8, 4) is 0 Å². The van der Waals surface area contributed by atoms with Gasteiger partial charge in [0.1, 0.15) is 5.82 Å². The number of nitrogens with one attached hydrogen (secondary N) is 1. The highest BCUT2D eigenvalue weighted by molar-refractivity contribution is 5.88. The Balaban J connectivity index is 1.44. The van der Waals surface area contributed by atoms with Crippen molar-refractivity contribution in [1.29, 1.82) is 0 Å². The maximum atomic E-state index is 12.8. The minimum atomic E-state index is -0.0749. The molecule has 1 N–H and O–H groups in total. The van der Waals surface area contributed by atoms with Crippen molar-refractivity contribution in [3.63, 3.8) is 0 Å². The van der Waals surface area contributed by atoms with E-state index < -0.39 is 0 Å². The molecule has 1 atom stereocenters. The van der Waals surface area contributed by atoms with Crippen LogP contribution in [-0.2, 0) is 0 Å². The Bertz CT molecular complexity index is 776. The number of carbonyl (C=O) groups excluding carboxylic acids is 1. The van der Waals surface area contributed by atoms with Gasteiger partial charge in [-0.1, -0.05) is 18.0 Å². The lowest BCUT2D eigenvalue weighted by Crippen LogP contribution is -2.42. The van der Waals surface area contributed by atoms with Crippen LogP contribution in [0.1, 0.15) is 67.9 Å². The summed E-state index contributed by atoms with van der Waals surface area (Å²) < 4.78 is 7.10. The first kappa shape index (κ1) is 17.1. The average molecular weight is 358 g/mol. The third kappa shape index (κ3) is 3.45. The van der Waals surface area contributed by atoms with Gasteiger partial charge >= 0.3 is 6.03 Å². The zero-order chi connectivity index (χ0) is 18.1. The number of aryl methyl sites for hydroxylation is 2. The van der Waals surface area contributed by atoms with Gasteiger partial charge in [0.2, 0.25) is 5.89 Å². The number of aromatic nitrogens is 4. The van der Waals surface area contributed by atoms with Gasteiger partial charge in [-0.3, -0.25) is 5.32 Å². The topological polar surface area (TPSA) is 89.1 Å². The zero-order valence-electron chi connectivity index (χ0n) is 15.4. The third-order valence-electron chi connectivity index (χ3n) is 5.38. The standard InChI is InChI=1S/C18H26N6O2/c1-12-10-16(24(21-12)15-7-3-4-8-15)20-18(25)23-9-5-6-14(11-23)17-19-13(2)26-22-17/h10,14-15H,3-9,11H2,1-2H3,(H,20,25)/t14-/m1/s1. The van der Waals surface area contributed by atoms with Crippen molar-refractivity contribution in [2.45, 2.75) is 64.3 Å². The summed E-state index contributed by atoms with van der Waals surface area (Å²) in [6.07, 6.45) is 6.64. The number of nitrogens with zero attached hydrogens (tertiary/aromatic N) is 5. The number of rotatable bonds is 3. The summed E-state index contributed by atoms with van der Waals surface area (Å²) in [5, 5.41) is 11.7. The van der Waals surface area contributed by atoms with Crippen LogP contribution in [-0.4, -0.2) is 43.9 Å². The Morgan fingerprint density at radius 1 is 1.23 bits per heavy atom. The smallest absolute Gasteiger partial charge is 0.323 e. The first-order valence-corrected chi connectivity index (χ1v) is 9.52. The molecule has 2 aliphatic rings. The Hall–Kier alpha value is -2.38. The molecule has 0 spiro atoms. The highest BCUT2D eigenvalue weighted by atomic mass is 16.5. The summed E-state index contributed by atoms with van der Waals surface area (Å²) in [5.74, 6) is 2.20. The molecule has 8 nitrogen and oxygen atoms in total. The quantitative estimate of drug-likeness (QED) is 0.908. The molecular weight excluding hydrogens is 332 g/mol. The normalized spacial score (nSPS) is 21.3. The Kier molecular flexibility index (Phi) is 4.65. The molecule has 1 saturated carbocycles. The number of amides is 2. The van der Waals surface area contributed by atoms with Crippen LogP contribution in [0.3, 0.4) is 0 Å². The van der Waals surface area contributed by atoms with Gasteiger partial charge in [-0.05, 0) is 32.6 Å². The van der Waals surface area contributed by atoms with E-state index in [0.717, 1.165) is 43.7 Å². The summed E-state index contributed by atoms with van der Waals surface area (Å²) in [6, 6.07) is 2.28. The fourth-order valence-electron chi connectivity index (χ4n) is 4.08. The van der Waals surface area contributed by atoms with E-state index in [0.29, 0.717) is 24.3 Å². The molecule has 26 heavy (non-hydrogen) atoms. The van der Waals surface area contributed by atoms with Crippen LogP contribution >= 0.6 is 0 Å². The lowest BCUT2D eigenvalue weighted by molar-refractivity contribution is 0.190. The monoisotopic (exact) mass is 358 g/mol. The van der Waals surface area contributed by atoms with Gasteiger partial charge in [0.05, 0.1) is 11.7 Å². The van der Waals surface area contributed by atoms with Crippen LogP contribution in [0.5, 0.6) is 0 Å². The van der Waals surface area contributed by atoms with Gasteiger partial charge in [-0.15, -0.1) is 0 Å². The number of urea groups is 1. The van der Waals surface area contributed by atoms with E-state index in [4.69, 9.17) is 4.52 Å². The number of anilines is 1. The van der Waals surface area contributed by atoms with Gasteiger partial charge in [0.25, 0.3) is 0 Å². The molecule has 1 aliphatic carbocycles. The molecule has 2 fully saturated rings. The molecule has 4 rings (SSSR count). The van der Waals surface area contributed by atoms with Gasteiger partial charge in [0.15, 0.2) is 5.82 Å². The van der Waals surface area contributed by atoms with Crippen molar-refractivity contribution in [3.05, 3.63) is 23.5 Å². The maximum Gasteiger partial charge on any atom is 0.323 e. The van der Waals surface area contributed by atoms with Crippen LogP contribution < -0.4 is 5.32 Å². The van der Waals surface area contributed by atoms with Crippen LogP contribution in [0.2, 0.25) is 0 Å². The molecule has 3 heterocycles. The third-order valence-corrected chi connectivity index (χ3v) is 5.38. The second-order valence-electron chi connectivity index (χ2n) is 7.44. The Morgan fingerprint density at radius 2 is 2.04 bits per heavy atom. The molecule has 2 aromatic rings. The fraction of sp³-hybridized carbons (Fsp3) is 0.667. The lowest BCUT2D eigenvalue weighted by atomic mass is 9.98. The van der Waals surface area contributed by atoms with Crippen LogP contribution in [0.25, 0.3) is 0 Å². The van der Waals surface area contributed by atoms with Crippen molar-refractivity contribution in [2.75, 3.05) is 18.4 Å². The Morgan fingerprint density at radius 3 is 2.77 bits per heavy atom. The van der Waals surface area contributed by atoms with E-state index in [9.17, 15) is 4.79 Å². The van der Waals surface area contributed by atoms with Gasteiger partial charge in [-0.2, -0.15) is 10.1 Å². The first-order valence-electron chi connectivity index (χ1n) is 9.52. The van der Waals surface area contributed by atoms with Crippen LogP contribution in [0.15, 0.2) is 10.6 Å². The summed E-state index contributed by atoms with van der Waals surface area (Å²) in [7, 11) is 0. The van der Waals surface area contributed by atoms with Gasteiger partial charge in [0, 0.05) is 32.0 Å². The molecule has 0 aromatic carbocycles. The minimum Gasteiger partial charge on any atom is -0.340 e. The predicted octanol–water partition coefficient (Wildman–Crippen LogP) is 3.41. The lowest BCUT2D eigenvalue weighted by Gasteiger charge is -2.31. The van der Waals surface area contributed by atoms with Gasteiger partial charge < -0.3 is 9.42 Å². The molecule has 1 aliphatic heterocycles. The molecule has 8 heteroatoms. The summed E-state index contributed by atoms with van der Waals surface area (Å²) in [5.41, 5.74) is 0.936. The van der Waals surface area contributed by atoms with Crippen LogP contribution in [0, 0.1) is 13.8 Å². The van der Waals surface area contributed by atoms with Crippen LogP contribution in [0.4, 0.5) is 10.6 Å². The van der Waals surface area contributed by atoms with E-state index in [1.807, 2.05) is 22.6 Å². The van der Waals surface area contributed by atoms with E-state index >= 15 is 0 Å². The summed E-state index contributed by atoms with van der Waals surface area (Å²) in [6.45, 7) is 5.12. The molecule has 2 aromatic heterocycles. The minimum absolute atomic E-state index is 0.0749. The summed E-state index contributed by atoms with van der Waals surface area (Å²) in [4.78, 5) is 19.0. The number of piperidine rings is 1. The highest BCUT2D eigenvalue weighted by Crippen LogP contribution is 2.32. The Labute approximate surface area is 152 Å². The number of likely N-dealkylation sites (tertiary alicyclic amines) is 1. The average Bonchev–Trinajstić information content (AvgIpc) is 3.36. The molecule has 0 bridgehead atoms. The molecule has 0 radical (unpaired) electrons. The second kappa shape index (κ2) is 7.09. The highest BCUT2D eigenvalue weighted by Gasteiger charge is 2.29. The second-order valence-corrected chi connectivity index (χ2v) is 7.44. The SMILES string of the molecule is Cc1cc(NC(=O)N2CCC[C@@H](c3noc(C)n3)C2)n(C2CCCC2)n1. The number of hydrogen-bond donors (Lipinski definition) is 1. The molecule has 1 saturated heterocycles. The van der Waals surface area contributed by atoms with E-state index in [-0.39, 0.29) is 11.9 Å². The zero-order valence-corrected chi connectivity index (χ0v) is 15.4. The van der Waals surface area contributed by atoms with Crippen molar-refractivity contribution >= 4 is 11.8 Å². The maximum absolute atomic E-state index is 12.8. The van der Waals surface area contributed by atoms with E-state index in [1.165, 1.54) is 12.8 Å². The van der Waals surface area contributed by atoms with Gasteiger partial charge in [-0.25, -0.2) is 9.48 Å². The largest absolute Gasteiger partial charge is 0.340 e. The molecule has 0 unspecified atom stereocenters. The van der Waals surface area contributed by atoms with E-state index in [2.05, 4.69) is 20.6 Å².